The molecule has 16 heavy (non-hydrogen) atoms. The van der Waals surface area contributed by atoms with Gasteiger partial charge in [-0.3, -0.25) is 11.3 Å². The largest absolute Gasteiger partial charge is 0.271 e. The highest BCUT2D eigenvalue weighted by atomic mass is 32.1. The van der Waals surface area contributed by atoms with Crippen LogP contribution in [0.3, 0.4) is 0 Å². The molecule has 2 aromatic rings. The van der Waals surface area contributed by atoms with E-state index >= 15 is 0 Å². The lowest BCUT2D eigenvalue weighted by atomic mass is 10.1. The number of hydrogen-bond acceptors (Lipinski definition) is 4. The van der Waals surface area contributed by atoms with Gasteiger partial charge in [0, 0.05) is 9.75 Å². The van der Waals surface area contributed by atoms with Gasteiger partial charge in [0.1, 0.15) is 0 Å². The Labute approximate surface area is 104 Å². The molecule has 0 bridgehead atoms. The molecule has 3 N–H and O–H groups in total. The minimum absolute atomic E-state index is 0.306. The van der Waals surface area contributed by atoms with Crippen LogP contribution in [-0.2, 0) is 6.42 Å². The zero-order valence-electron chi connectivity index (χ0n) is 9.06. The van der Waals surface area contributed by atoms with Crippen molar-refractivity contribution in [2.24, 2.45) is 5.84 Å². The molecule has 0 radical (unpaired) electrons. The van der Waals surface area contributed by atoms with Crippen LogP contribution in [0.1, 0.15) is 28.6 Å². The van der Waals surface area contributed by atoms with Crippen molar-refractivity contribution in [3.8, 4) is 0 Å². The van der Waals surface area contributed by atoms with E-state index in [0.29, 0.717) is 6.04 Å². The zero-order chi connectivity index (χ0) is 11.2. The molecule has 86 valence electrons. The van der Waals surface area contributed by atoms with Gasteiger partial charge in [-0.25, -0.2) is 0 Å². The number of hydrazine groups is 1. The lowest BCUT2D eigenvalue weighted by Crippen LogP contribution is -2.27. The van der Waals surface area contributed by atoms with Gasteiger partial charge in [0.25, 0.3) is 0 Å². The van der Waals surface area contributed by atoms with Crippen molar-refractivity contribution in [1.29, 1.82) is 0 Å². The van der Waals surface area contributed by atoms with Gasteiger partial charge < -0.3 is 0 Å². The van der Waals surface area contributed by atoms with Crippen LogP contribution in [0.15, 0.2) is 35.0 Å². The Kier molecular flexibility index (Phi) is 4.54. The van der Waals surface area contributed by atoms with Crippen molar-refractivity contribution >= 4 is 22.7 Å². The van der Waals surface area contributed by atoms with Crippen LogP contribution < -0.4 is 11.3 Å². The van der Waals surface area contributed by atoms with Gasteiger partial charge in [-0.2, -0.15) is 0 Å². The molecule has 0 aliphatic carbocycles. The Morgan fingerprint density at radius 1 is 1.19 bits per heavy atom. The van der Waals surface area contributed by atoms with Gasteiger partial charge >= 0.3 is 0 Å². The summed E-state index contributed by atoms with van der Waals surface area (Å²) in [7, 11) is 0. The third-order valence-electron chi connectivity index (χ3n) is 2.58. The van der Waals surface area contributed by atoms with Crippen molar-refractivity contribution in [3.63, 3.8) is 0 Å². The predicted octanol–water partition coefficient (Wildman–Crippen LogP) is 3.34. The minimum atomic E-state index is 0.306. The lowest BCUT2D eigenvalue weighted by molar-refractivity contribution is 0.506. The first-order chi connectivity index (χ1) is 7.90. The first kappa shape index (κ1) is 11.8. The zero-order valence-corrected chi connectivity index (χ0v) is 10.7. The van der Waals surface area contributed by atoms with Crippen molar-refractivity contribution in [2.45, 2.75) is 25.3 Å². The predicted molar refractivity (Wildman–Crippen MR) is 71.6 cm³/mol. The molecule has 2 rings (SSSR count). The summed E-state index contributed by atoms with van der Waals surface area (Å²) in [4.78, 5) is 2.79. The molecular formula is C12H16N2S2. The molecule has 0 aliphatic rings. The topological polar surface area (TPSA) is 38.0 Å². The van der Waals surface area contributed by atoms with E-state index in [0.717, 1.165) is 12.8 Å². The molecule has 0 aromatic carbocycles. The van der Waals surface area contributed by atoms with E-state index in [4.69, 9.17) is 5.84 Å². The fourth-order valence-corrected chi connectivity index (χ4v) is 3.31. The molecule has 2 heterocycles. The number of rotatable bonds is 6. The van der Waals surface area contributed by atoms with Crippen LogP contribution in [0, 0.1) is 0 Å². The maximum Gasteiger partial charge on any atom is 0.0553 e. The molecule has 0 amide bonds. The average Bonchev–Trinajstić information content (AvgIpc) is 2.96. The Bertz CT molecular complexity index is 381. The summed E-state index contributed by atoms with van der Waals surface area (Å²) in [5.41, 5.74) is 2.90. The second kappa shape index (κ2) is 6.15. The summed E-state index contributed by atoms with van der Waals surface area (Å²) in [5, 5.41) is 4.23. The summed E-state index contributed by atoms with van der Waals surface area (Å²) < 4.78 is 0. The molecule has 0 spiro atoms. The van der Waals surface area contributed by atoms with E-state index < -0.39 is 0 Å². The van der Waals surface area contributed by atoms with Crippen molar-refractivity contribution in [3.05, 3.63) is 44.8 Å². The normalized spacial score (nSPS) is 12.8. The SMILES string of the molecule is NNC(CCCc1cccs1)c1cccs1. The number of nitrogens with one attached hydrogen (secondary N) is 1. The van der Waals surface area contributed by atoms with Crippen molar-refractivity contribution < 1.29 is 0 Å². The molecule has 2 aromatic heterocycles. The molecule has 2 nitrogen and oxygen atoms in total. The van der Waals surface area contributed by atoms with Crippen LogP contribution in [-0.4, -0.2) is 0 Å². The molecule has 4 heteroatoms. The van der Waals surface area contributed by atoms with Crippen LogP contribution in [0.4, 0.5) is 0 Å². The summed E-state index contributed by atoms with van der Waals surface area (Å²) in [6.45, 7) is 0. The van der Waals surface area contributed by atoms with Crippen LogP contribution in [0.25, 0.3) is 0 Å². The summed E-state index contributed by atoms with van der Waals surface area (Å²) in [5.74, 6) is 5.58. The Morgan fingerprint density at radius 3 is 2.62 bits per heavy atom. The van der Waals surface area contributed by atoms with E-state index in [1.54, 1.807) is 11.3 Å². The highest BCUT2D eigenvalue weighted by Crippen LogP contribution is 2.23. The van der Waals surface area contributed by atoms with Gasteiger partial charge in [-0.15, -0.1) is 22.7 Å². The van der Waals surface area contributed by atoms with Crippen LogP contribution >= 0.6 is 22.7 Å². The third-order valence-corrected chi connectivity index (χ3v) is 4.51. The van der Waals surface area contributed by atoms with Gasteiger partial charge in [-0.05, 0) is 42.2 Å². The van der Waals surface area contributed by atoms with Crippen LogP contribution in [0.5, 0.6) is 0 Å². The van der Waals surface area contributed by atoms with Crippen molar-refractivity contribution in [2.75, 3.05) is 0 Å². The third kappa shape index (κ3) is 3.15. The number of hydrogen-bond donors (Lipinski definition) is 2. The fourth-order valence-electron chi connectivity index (χ4n) is 1.73. The fraction of sp³-hybridized carbons (Fsp3) is 0.333. The van der Waals surface area contributed by atoms with E-state index in [1.165, 1.54) is 16.2 Å². The first-order valence-electron chi connectivity index (χ1n) is 5.42. The van der Waals surface area contributed by atoms with E-state index in [1.807, 2.05) is 11.3 Å². The lowest BCUT2D eigenvalue weighted by Gasteiger charge is -2.13. The maximum atomic E-state index is 5.58. The second-order valence-electron chi connectivity index (χ2n) is 3.71. The summed E-state index contributed by atoms with van der Waals surface area (Å²) in [6.07, 6.45) is 3.42. The molecule has 0 aliphatic heterocycles. The highest BCUT2D eigenvalue weighted by molar-refractivity contribution is 7.10. The molecule has 1 unspecified atom stereocenters. The van der Waals surface area contributed by atoms with Gasteiger partial charge in [-0.1, -0.05) is 12.1 Å². The quantitative estimate of drug-likeness (QED) is 0.611. The van der Waals surface area contributed by atoms with E-state index in [2.05, 4.69) is 40.5 Å². The summed E-state index contributed by atoms with van der Waals surface area (Å²) in [6, 6.07) is 8.82. The van der Waals surface area contributed by atoms with E-state index in [-0.39, 0.29) is 0 Å². The minimum Gasteiger partial charge on any atom is -0.271 e. The maximum absolute atomic E-state index is 5.58. The Balaban J connectivity index is 1.80. The molecule has 0 fully saturated rings. The van der Waals surface area contributed by atoms with Gasteiger partial charge in [0.05, 0.1) is 6.04 Å². The number of thiophene rings is 2. The smallest absolute Gasteiger partial charge is 0.0553 e. The van der Waals surface area contributed by atoms with E-state index in [9.17, 15) is 0 Å². The molecular weight excluding hydrogens is 236 g/mol. The van der Waals surface area contributed by atoms with Crippen LogP contribution in [0.2, 0.25) is 0 Å². The number of aryl methyl sites for hydroxylation is 1. The Morgan fingerprint density at radius 2 is 2.00 bits per heavy atom. The Hall–Kier alpha value is -0.680. The van der Waals surface area contributed by atoms with Gasteiger partial charge in [0.15, 0.2) is 0 Å². The molecule has 0 saturated heterocycles. The van der Waals surface area contributed by atoms with Gasteiger partial charge in [0.2, 0.25) is 0 Å². The molecule has 0 saturated carbocycles. The highest BCUT2D eigenvalue weighted by Gasteiger charge is 2.09. The first-order valence-corrected chi connectivity index (χ1v) is 7.18. The average molecular weight is 252 g/mol. The molecule has 1 atom stereocenters. The summed E-state index contributed by atoms with van der Waals surface area (Å²) >= 11 is 3.59. The standard InChI is InChI=1S/C12H16N2S2/c13-14-11(12-7-3-9-16-12)6-1-4-10-5-2-8-15-10/h2-3,5,7-9,11,14H,1,4,6,13H2. The second-order valence-corrected chi connectivity index (χ2v) is 5.72. The van der Waals surface area contributed by atoms with Crippen molar-refractivity contribution in [1.82, 2.24) is 5.43 Å². The monoisotopic (exact) mass is 252 g/mol. The number of nitrogens with two attached hydrogens (primary N) is 1.